The second-order valence-electron chi connectivity index (χ2n) is 7.74. The number of amides is 1. The standard InChI is InChI=1S/C23H26N4O4S/c1-19-4-6-22(7-5-19)32(29,30)27(17-21-3-2-16-31-21)18-23(28)26-14-12-25(13-15-26)20-8-10-24-11-9-20/h2-11,16H,12-15,17-18H2,1H3. The molecule has 0 saturated carbocycles. The number of benzene rings is 1. The maximum absolute atomic E-state index is 13.3. The molecule has 1 aliphatic rings. The predicted octanol–water partition coefficient (Wildman–Crippen LogP) is 2.52. The average Bonchev–Trinajstić information content (AvgIpc) is 3.33. The lowest BCUT2D eigenvalue weighted by Gasteiger charge is -2.36. The largest absolute Gasteiger partial charge is 0.468 e. The van der Waals surface area contributed by atoms with E-state index in [9.17, 15) is 13.2 Å². The molecule has 3 aromatic rings. The van der Waals surface area contributed by atoms with Crippen molar-refractivity contribution in [2.24, 2.45) is 0 Å². The van der Waals surface area contributed by atoms with Gasteiger partial charge in [0.05, 0.1) is 24.2 Å². The van der Waals surface area contributed by atoms with Gasteiger partial charge in [0.2, 0.25) is 15.9 Å². The number of carbonyl (C=O) groups excluding carboxylic acids is 1. The maximum atomic E-state index is 13.3. The molecule has 1 saturated heterocycles. The molecule has 0 radical (unpaired) electrons. The van der Waals surface area contributed by atoms with Gasteiger partial charge in [-0.3, -0.25) is 9.78 Å². The van der Waals surface area contributed by atoms with Gasteiger partial charge in [-0.25, -0.2) is 8.42 Å². The van der Waals surface area contributed by atoms with Crippen LogP contribution < -0.4 is 4.90 Å². The quantitative estimate of drug-likeness (QED) is 0.545. The van der Waals surface area contributed by atoms with Gasteiger partial charge in [-0.15, -0.1) is 0 Å². The van der Waals surface area contributed by atoms with E-state index in [4.69, 9.17) is 4.42 Å². The number of hydrogen-bond acceptors (Lipinski definition) is 6. The van der Waals surface area contributed by atoms with E-state index in [2.05, 4.69) is 9.88 Å². The summed E-state index contributed by atoms with van der Waals surface area (Å²) in [5.41, 5.74) is 2.03. The minimum Gasteiger partial charge on any atom is -0.468 e. The Balaban J connectivity index is 1.47. The van der Waals surface area contributed by atoms with Gasteiger partial charge in [0.15, 0.2) is 0 Å². The van der Waals surface area contributed by atoms with Gasteiger partial charge in [0.25, 0.3) is 0 Å². The number of hydrogen-bond donors (Lipinski definition) is 0. The SMILES string of the molecule is Cc1ccc(S(=O)(=O)N(CC(=O)N2CCN(c3ccncc3)CC2)Cc2ccco2)cc1. The van der Waals surface area contributed by atoms with E-state index in [1.807, 2.05) is 19.1 Å². The van der Waals surface area contributed by atoms with Crippen LogP contribution in [-0.4, -0.2) is 61.2 Å². The highest BCUT2D eigenvalue weighted by molar-refractivity contribution is 7.89. The van der Waals surface area contributed by atoms with E-state index in [0.717, 1.165) is 11.3 Å². The van der Waals surface area contributed by atoms with Crippen molar-refractivity contribution in [2.45, 2.75) is 18.4 Å². The number of piperazine rings is 1. The number of aromatic nitrogens is 1. The Labute approximate surface area is 188 Å². The molecule has 3 heterocycles. The molecule has 0 unspecified atom stereocenters. The molecule has 1 fully saturated rings. The summed E-state index contributed by atoms with van der Waals surface area (Å²) in [6.07, 6.45) is 4.98. The molecule has 8 nitrogen and oxygen atoms in total. The van der Waals surface area contributed by atoms with E-state index in [1.165, 1.54) is 10.6 Å². The zero-order valence-electron chi connectivity index (χ0n) is 17.9. The Morgan fingerprint density at radius 1 is 1.03 bits per heavy atom. The first-order chi connectivity index (χ1) is 15.4. The van der Waals surface area contributed by atoms with Crippen molar-refractivity contribution in [3.05, 3.63) is 78.5 Å². The summed E-state index contributed by atoms with van der Waals surface area (Å²) >= 11 is 0. The van der Waals surface area contributed by atoms with E-state index >= 15 is 0 Å². The number of furan rings is 1. The first kappa shape index (κ1) is 22.0. The molecule has 0 aliphatic carbocycles. The number of anilines is 1. The number of sulfonamides is 1. The van der Waals surface area contributed by atoms with Crippen LogP contribution in [0.2, 0.25) is 0 Å². The first-order valence-corrected chi connectivity index (χ1v) is 11.9. The molecule has 0 N–H and O–H groups in total. The first-order valence-electron chi connectivity index (χ1n) is 10.5. The van der Waals surface area contributed by atoms with Crippen LogP contribution >= 0.6 is 0 Å². The third-order valence-electron chi connectivity index (χ3n) is 5.54. The van der Waals surface area contributed by atoms with Crippen LogP contribution in [0.5, 0.6) is 0 Å². The van der Waals surface area contributed by atoms with E-state index in [1.54, 1.807) is 53.7 Å². The van der Waals surface area contributed by atoms with Crippen LogP contribution in [0.3, 0.4) is 0 Å². The fourth-order valence-electron chi connectivity index (χ4n) is 3.68. The topological polar surface area (TPSA) is 87.0 Å². The lowest BCUT2D eigenvalue weighted by Crippen LogP contribution is -2.51. The van der Waals surface area contributed by atoms with E-state index in [0.29, 0.717) is 31.9 Å². The maximum Gasteiger partial charge on any atom is 0.243 e. The highest BCUT2D eigenvalue weighted by Crippen LogP contribution is 2.20. The van der Waals surface area contributed by atoms with E-state index < -0.39 is 10.0 Å². The van der Waals surface area contributed by atoms with Gasteiger partial charge >= 0.3 is 0 Å². The van der Waals surface area contributed by atoms with Gasteiger partial charge in [-0.1, -0.05) is 17.7 Å². The number of rotatable bonds is 7. The van der Waals surface area contributed by atoms with Crippen molar-refractivity contribution in [3.63, 3.8) is 0 Å². The monoisotopic (exact) mass is 454 g/mol. The molecule has 168 valence electrons. The average molecular weight is 455 g/mol. The van der Waals surface area contributed by atoms with Crippen LogP contribution in [0.25, 0.3) is 0 Å². The fraction of sp³-hybridized carbons (Fsp3) is 0.304. The Hall–Kier alpha value is -3.17. The summed E-state index contributed by atoms with van der Waals surface area (Å²) in [7, 11) is -3.87. The summed E-state index contributed by atoms with van der Waals surface area (Å²) in [5.74, 6) is 0.262. The summed E-state index contributed by atoms with van der Waals surface area (Å²) in [6.45, 7) is 4.06. The minimum absolute atomic E-state index is 0.00801. The molecule has 4 rings (SSSR count). The molecular formula is C23H26N4O4S. The Kier molecular flexibility index (Phi) is 6.57. The molecular weight excluding hydrogens is 428 g/mol. The predicted molar refractivity (Wildman–Crippen MR) is 121 cm³/mol. The van der Waals surface area contributed by atoms with Crippen LogP contribution in [0.15, 0.2) is 76.5 Å². The van der Waals surface area contributed by atoms with E-state index in [-0.39, 0.29) is 23.9 Å². The highest BCUT2D eigenvalue weighted by Gasteiger charge is 2.30. The van der Waals surface area contributed by atoms with Crippen molar-refractivity contribution in [1.82, 2.24) is 14.2 Å². The summed E-state index contributed by atoms with van der Waals surface area (Å²) in [4.78, 5) is 21.2. The second kappa shape index (κ2) is 9.54. The van der Waals surface area contributed by atoms with Gasteiger partial charge in [0, 0.05) is 44.3 Å². The molecule has 32 heavy (non-hydrogen) atoms. The second-order valence-corrected chi connectivity index (χ2v) is 9.68. The van der Waals surface area contributed by atoms with Crippen LogP contribution in [0, 0.1) is 6.92 Å². The molecule has 1 aromatic carbocycles. The van der Waals surface area contributed by atoms with Crippen LogP contribution in [-0.2, 0) is 21.4 Å². The zero-order chi connectivity index (χ0) is 22.6. The van der Waals surface area contributed by atoms with Crippen molar-refractivity contribution in [2.75, 3.05) is 37.6 Å². The molecule has 1 amide bonds. The van der Waals surface area contributed by atoms with Crippen molar-refractivity contribution in [3.8, 4) is 0 Å². The minimum atomic E-state index is -3.87. The van der Waals surface area contributed by atoms with Gasteiger partial charge < -0.3 is 14.2 Å². The summed E-state index contributed by atoms with van der Waals surface area (Å²) in [5, 5.41) is 0. The molecule has 0 atom stereocenters. The number of carbonyl (C=O) groups is 1. The molecule has 2 aromatic heterocycles. The lowest BCUT2D eigenvalue weighted by atomic mass is 10.2. The van der Waals surface area contributed by atoms with Crippen molar-refractivity contribution in [1.29, 1.82) is 0 Å². The number of aryl methyl sites for hydroxylation is 1. The van der Waals surface area contributed by atoms with Gasteiger partial charge in [0.1, 0.15) is 5.76 Å². The van der Waals surface area contributed by atoms with Crippen molar-refractivity contribution >= 4 is 21.6 Å². The number of pyridine rings is 1. The lowest BCUT2D eigenvalue weighted by molar-refractivity contribution is -0.131. The smallest absolute Gasteiger partial charge is 0.243 e. The Morgan fingerprint density at radius 2 is 1.72 bits per heavy atom. The molecule has 0 spiro atoms. The molecule has 1 aliphatic heterocycles. The zero-order valence-corrected chi connectivity index (χ0v) is 18.7. The Morgan fingerprint density at radius 3 is 2.34 bits per heavy atom. The summed E-state index contributed by atoms with van der Waals surface area (Å²) in [6, 6.07) is 13.9. The van der Waals surface area contributed by atoms with Crippen molar-refractivity contribution < 1.29 is 17.6 Å². The third-order valence-corrected chi connectivity index (χ3v) is 7.35. The van der Waals surface area contributed by atoms with Crippen LogP contribution in [0.4, 0.5) is 5.69 Å². The fourth-order valence-corrected chi connectivity index (χ4v) is 5.04. The highest BCUT2D eigenvalue weighted by atomic mass is 32.2. The number of nitrogens with zero attached hydrogens (tertiary/aromatic N) is 4. The van der Waals surface area contributed by atoms with Gasteiger partial charge in [-0.2, -0.15) is 4.31 Å². The molecule has 9 heteroatoms. The summed E-state index contributed by atoms with van der Waals surface area (Å²) < 4.78 is 33.2. The third kappa shape index (κ3) is 5.00. The Bertz CT molecular complexity index is 1120. The molecule has 0 bridgehead atoms. The van der Waals surface area contributed by atoms with Gasteiger partial charge in [-0.05, 0) is 43.3 Å². The normalized spacial score (nSPS) is 14.7. The van der Waals surface area contributed by atoms with Crippen LogP contribution in [0.1, 0.15) is 11.3 Å².